The normalized spacial score (nSPS) is 12.8. The fourth-order valence-corrected chi connectivity index (χ4v) is 1.94. The van der Waals surface area contributed by atoms with Crippen molar-refractivity contribution in [1.29, 1.82) is 0 Å². The van der Waals surface area contributed by atoms with Crippen LogP contribution in [0, 0.1) is 0 Å². The van der Waals surface area contributed by atoms with Crippen molar-refractivity contribution in [2.24, 2.45) is 0 Å². The standard InChI is InChI=1S/C13H21N5/c1-4-17-9-7-13(16-17)11(3)14-10-12-6-8-15-18(12)5-2/h6-9,11,14H,4-5,10H2,1-3H3. The smallest absolute Gasteiger partial charge is 0.0791 e. The Balaban J connectivity index is 1.93. The summed E-state index contributed by atoms with van der Waals surface area (Å²) in [6.07, 6.45) is 3.86. The number of hydrogen-bond donors (Lipinski definition) is 1. The Kier molecular flexibility index (Phi) is 4.15. The molecule has 1 N–H and O–H groups in total. The molecule has 18 heavy (non-hydrogen) atoms. The summed E-state index contributed by atoms with van der Waals surface area (Å²) in [6, 6.07) is 4.37. The molecule has 0 radical (unpaired) electrons. The van der Waals surface area contributed by atoms with Crippen LogP contribution < -0.4 is 5.32 Å². The second-order valence-corrected chi connectivity index (χ2v) is 4.34. The van der Waals surface area contributed by atoms with Gasteiger partial charge in [0, 0.05) is 38.1 Å². The number of hydrogen-bond acceptors (Lipinski definition) is 3. The topological polar surface area (TPSA) is 47.7 Å². The van der Waals surface area contributed by atoms with E-state index in [-0.39, 0.29) is 6.04 Å². The van der Waals surface area contributed by atoms with Gasteiger partial charge < -0.3 is 5.32 Å². The van der Waals surface area contributed by atoms with Crippen molar-refractivity contribution in [2.75, 3.05) is 0 Å². The van der Waals surface area contributed by atoms with Gasteiger partial charge in [0.1, 0.15) is 0 Å². The van der Waals surface area contributed by atoms with Gasteiger partial charge in [-0.15, -0.1) is 0 Å². The molecule has 5 nitrogen and oxygen atoms in total. The van der Waals surface area contributed by atoms with Crippen molar-refractivity contribution in [3.63, 3.8) is 0 Å². The average molecular weight is 247 g/mol. The Morgan fingerprint density at radius 2 is 2.11 bits per heavy atom. The second-order valence-electron chi connectivity index (χ2n) is 4.34. The minimum Gasteiger partial charge on any atom is -0.303 e. The molecule has 2 aromatic rings. The minimum absolute atomic E-state index is 0.248. The van der Waals surface area contributed by atoms with Gasteiger partial charge in [-0.2, -0.15) is 10.2 Å². The molecule has 0 aromatic carbocycles. The quantitative estimate of drug-likeness (QED) is 0.849. The lowest BCUT2D eigenvalue weighted by molar-refractivity contribution is 0.514. The van der Waals surface area contributed by atoms with Crippen LogP contribution in [0.1, 0.15) is 38.2 Å². The third kappa shape index (κ3) is 2.79. The van der Waals surface area contributed by atoms with E-state index >= 15 is 0 Å². The molecule has 2 heterocycles. The van der Waals surface area contributed by atoms with E-state index in [1.807, 2.05) is 27.8 Å². The zero-order valence-corrected chi connectivity index (χ0v) is 11.3. The van der Waals surface area contributed by atoms with E-state index in [1.54, 1.807) is 0 Å². The SMILES string of the molecule is CCn1ccc(C(C)NCc2ccnn2CC)n1. The second kappa shape index (κ2) is 5.82. The van der Waals surface area contributed by atoms with Gasteiger partial charge >= 0.3 is 0 Å². The molecule has 0 spiro atoms. The van der Waals surface area contributed by atoms with Crippen molar-refractivity contribution in [3.8, 4) is 0 Å². The van der Waals surface area contributed by atoms with Crippen LogP contribution in [0.2, 0.25) is 0 Å². The number of aryl methyl sites for hydroxylation is 2. The van der Waals surface area contributed by atoms with Crippen molar-refractivity contribution in [1.82, 2.24) is 24.9 Å². The van der Waals surface area contributed by atoms with E-state index in [1.165, 1.54) is 5.69 Å². The minimum atomic E-state index is 0.248. The Labute approximate surface area is 108 Å². The molecule has 0 saturated heterocycles. The molecule has 0 aliphatic heterocycles. The molecule has 5 heteroatoms. The highest BCUT2D eigenvalue weighted by Crippen LogP contribution is 2.10. The number of nitrogens with one attached hydrogen (secondary N) is 1. The maximum Gasteiger partial charge on any atom is 0.0791 e. The molecule has 0 saturated carbocycles. The monoisotopic (exact) mass is 247 g/mol. The predicted octanol–water partition coefficient (Wildman–Crippen LogP) is 1.97. The molecule has 0 aliphatic rings. The van der Waals surface area contributed by atoms with Gasteiger partial charge in [-0.25, -0.2) is 0 Å². The summed E-state index contributed by atoms with van der Waals surface area (Å²) < 4.78 is 3.95. The molecule has 2 rings (SSSR count). The first kappa shape index (κ1) is 12.8. The van der Waals surface area contributed by atoms with Crippen LogP contribution in [0.3, 0.4) is 0 Å². The van der Waals surface area contributed by atoms with Crippen molar-refractivity contribution in [2.45, 2.75) is 46.4 Å². The molecular weight excluding hydrogens is 226 g/mol. The van der Waals surface area contributed by atoms with Crippen molar-refractivity contribution >= 4 is 0 Å². The van der Waals surface area contributed by atoms with Crippen LogP contribution >= 0.6 is 0 Å². The first-order valence-electron chi connectivity index (χ1n) is 6.52. The van der Waals surface area contributed by atoms with Crippen molar-refractivity contribution < 1.29 is 0 Å². The fraction of sp³-hybridized carbons (Fsp3) is 0.538. The summed E-state index contributed by atoms with van der Waals surface area (Å²) >= 11 is 0. The van der Waals surface area contributed by atoms with E-state index in [4.69, 9.17) is 0 Å². The van der Waals surface area contributed by atoms with E-state index in [2.05, 4.69) is 42.4 Å². The highest BCUT2D eigenvalue weighted by atomic mass is 15.3. The van der Waals surface area contributed by atoms with E-state index in [0.29, 0.717) is 0 Å². The fourth-order valence-electron chi connectivity index (χ4n) is 1.94. The van der Waals surface area contributed by atoms with Gasteiger partial charge in [0.15, 0.2) is 0 Å². The molecule has 1 atom stereocenters. The van der Waals surface area contributed by atoms with Crippen LogP contribution in [0.4, 0.5) is 0 Å². The Morgan fingerprint density at radius 1 is 1.28 bits per heavy atom. The van der Waals surface area contributed by atoms with Gasteiger partial charge in [0.2, 0.25) is 0 Å². The van der Waals surface area contributed by atoms with Gasteiger partial charge in [0.25, 0.3) is 0 Å². The lowest BCUT2D eigenvalue weighted by Crippen LogP contribution is -2.20. The Morgan fingerprint density at radius 3 is 2.78 bits per heavy atom. The number of aromatic nitrogens is 4. The average Bonchev–Trinajstić information content (AvgIpc) is 3.04. The van der Waals surface area contributed by atoms with Gasteiger partial charge in [-0.1, -0.05) is 0 Å². The molecule has 1 unspecified atom stereocenters. The molecule has 0 fully saturated rings. The summed E-state index contributed by atoms with van der Waals surface area (Å²) in [7, 11) is 0. The van der Waals surface area contributed by atoms with Crippen molar-refractivity contribution in [3.05, 3.63) is 35.9 Å². The Hall–Kier alpha value is -1.62. The largest absolute Gasteiger partial charge is 0.303 e. The van der Waals surface area contributed by atoms with Crippen LogP contribution in [0.5, 0.6) is 0 Å². The van der Waals surface area contributed by atoms with Gasteiger partial charge in [0.05, 0.1) is 11.4 Å². The maximum atomic E-state index is 4.50. The van der Waals surface area contributed by atoms with Crippen LogP contribution in [0.25, 0.3) is 0 Å². The number of nitrogens with zero attached hydrogens (tertiary/aromatic N) is 4. The molecule has 0 bridgehead atoms. The molecule has 2 aromatic heterocycles. The van der Waals surface area contributed by atoms with E-state index in [0.717, 1.165) is 25.3 Å². The lowest BCUT2D eigenvalue weighted by atomic mass is 10.2. The van der Waals surface area contributed by atoms with Gasteiger partial charge in [-0.3, -0.25) is 9.36 Å². The summed E-state index contributed by atoms with van der Waals surface area (Å²) in [5.74, 6) is 0. The maximum absolute atomic E-state index is 4.50. The molecule has 0 amide bonds. The van der Waals surface area contributed by atoms with Crippen LogP contribution in [-0.2, 0) is 19.6 Å². The van der Waals surface area contributed by atoms with E-state index in [9.17, 15) is 0 Å². The highest BCUT2D eigenvalue weighted by molar-refractivity contribution is 5.06. The summed E-state index contributed by atoms with van der Waals surface area (Å²) in [4.78, 5) is 0. The zero-order valence-electron chi connectivity index (χ0n) is 11.3. The lowest BCUT2D eigenvalue weighted by Gasteiger charge is -2.12. The molecular formula is C13H21N5. The third-order valence-electron chi connectivity index (χ3n) is 3.12. The number of rotatable bonds is 6. The summed E-state index contributed by atoms with van der Waals surface area (Å²) in [5, 5.41) is 12.2. The zero-order chi connectivity index (χ0) is 13.0. The summed E-state index contributed by atoms with van der Waals surface area (Å²) in [6.45, 7) is 8.96. The Bertz CT molecular complexity index is 485. The first-order chi connectivity index (χ1) is 8.74. The van der Waals surface area contributed by atoms with E-state index < -0.39 is 0 Å². The predicted molar refractivity (Wildman–Crippen MR) is 71.1 cm³/mol. The molecule has 98 valence electrons. The molecule has 0 aliphatic carbocycles. The van der Waals surface area contributed by atoms with Gasteiger partial charge in [-0.05, 0) is 32.9 Å². The third-order valence-corrected chi connectivity index (χ3v) is 3.12. The summed E-state index contributed by atoms with van der Waals surface area (Å²) in [5.41, 5.74) is 2.29. The first-order valence-corrected chi connectivity index (χ1v) is 6.52. The van der Waals surface area contributed by atoms with Crippen LogP contribution in [0.15, 0.2) is 24.5 Å². The highest BCUT2D eigenvalue weighted by Gasteiger charge is 2.09. The van der Waals surface area contributed by atoms with Crippen LogP contribution in [-0.4, -0.2) is 19.6 Å².